The second-order valence-corrected chi connectivity index (χ2v) is 7.85. The van der Waals surface area contributed by atoms with Crippen LogP contribution >= 0.6 is 0 Å². The van der Waals surface area contributed by atoms with Crippen LogP contribution in [0.3, 0.4) is 0 Å². The van der Waals surface area contributed by atoms with Gasteiger partial charge in [-0.2, -0.15) is 0 Å². The van der Waals surface area contributed by atoms with E-state index in [1.165, 1.54) is 19.0 Å². The van der Waals surface area contributed by atoms with E-state index in [0.717, 1.165) is 44.1 Å². The lowest BCUT2D eigenvalue weighted by Crippen LogP contribution is -2.03. The fourth-order valence-corrected chi connectivity index (χ4v) is 4.61. The van der Waals surface area contributed by atoms with E-state index in [1.807, 2.05) is 10.6 Å². The monoisotopic (exact) mass is 440 g/mol. The number of imidazole rings is 1. The Bertz CT molecular complexity index is 1790. The summed E-state index contributed by atoms with van der Waals surface area (Å²) in [6.07, 6.45) is 7.97. The minimum atomic E-state index is 0.488. The van der Waals surface area contributed by atoms with Gasteiger partial charge < -0.3 is 4.57 Å². The molecular weight excluding hydrogens is 424 g/mol. The van der Waals surface area contributed by atoms with E-state index in [0.29, 0.717) is 11.8 Å². The van der Waals surface area contributed by atoms with Crippen molar-refractivity contribution in [1.29, 1.82) is 0 Å². The SMILES string of the molecule is c1ccc(-n2c3ccccc3c3c4nc(-c5cncnc5)n(-c5ncncn5)c4ccc32)cc1. The number of hydrogen-bond donors (Lipinski definition) is 0. The van der Waals surface area contributed by atoms with Gasteiger partial charge in [0.15, 0.2) is 5.82 Å². The van der Waals surface area contributed by atoms with Gasteiger partial charge in [0, 0.05) is 28.9 Å². The summed E-state index contributed by atoms with van der Waals surface area (Å²) in [5.41, 5.74) is 5.84. The molecule has 0 aliphatic rings. The Labute approximate surface area is 193 Å². The normalized spacial score (nSPS) is 11.5. The third-order valence-electron chi connectivity index (χ3n) is 5.97. The molecule has 0 aliphatic carbocycles. The number of para-hydroxylation sites is 2. The van der Waals surface area contributed by atoms with E-state index >= 15 is 0 Å². The molecular formula is C26H16N8. The number of benzene rings is 3. The van der Waals surface area contributed by atoms with Crippen LogP contribution < -0.4 is 0 Å². The van der Waals surface area contributed by atoms with E-state index in [2.05, 4.69) is 90.2 Å². The molecule has 0 aliphatic heterocycles. The lowest BCUT2D eigenvalue weighted by Gasteiger charge is -2.08. The summed E-state index contributed by atoms with van der Waals surface area (Å²) in [7, 11) is 0. The molecule has 0 radical (unpaired) electrons. The van der Waals surface area contributed by atoms with Crippen molar-refractivity contribution in [3.8, 4) is 23.0 Å². The van der Waals surface area contributed by atoms with Crippen LogP contribution in [0.5, 0.6) is 0 Å². The van der Waals surface area contributed by atoms with Crippen LogP contribution in [0.25, 0.3) is 55.9 Å². The van der Waals surface area contributed by atoms with Crippen molar-refractivity contribution in [3.05, 3.63) is 98.1 Å². The average Bonchev–Trinajstić information content (AvgIpc) is 3.46. The first-order valence-electron chi connectivity index (χ1n) is 10.8. The zero-order valence-corrected chi connectivity index (χ0v) is 17.8. The lowest BCUT2D eigenvalue weighted by molar-refractivity contribution is 0.915. The Morgan fingerprint density at radius 1 is 0.588 bits per heavy atom. The number of hydrogen-bond acceptors (Lipinski definition) is 6. The Kier molecular flexibility index (Phi) is 3.98. The number of rotatable bonds is 3. The zero-order chi connectivity index (χ0) is 22.5. The second-order valence-electron chi connectivity index (χ2n) is 7.85. The summed E-state index contributed by atoms with van der Waals surface area (Å²) in [6, 6.07) is 23.0. The molecule has 0 bridgehead atoms. The van der Waals surface area contributed by atoms with Crippen LogP contribution in [0.15, 0.2) is 98.1 Å². The van der Waals surface area contributed by atoms with Crippen molar-refractivity contribution in [3.63, 3.8) is 0 Å². The minimum absolute atomic E-state index is 0.488. The van der Waals surface area contributed by atoms with Gasteiger partial charge in [-0.15, -0.1) is 0 Å². The van der Waals surface area contributed by atoms with Crippen molar-refractivity contribution in [2.45, 2.75) is 0 Å². The van der Waals surface area contributed by atoms with Gasteiger partial charge in [0.2, 0.25) is 5.95 Å². The molecule has 4 aromatic heterocycles. The molecule has 8 nitrogen and oxygen atoms in total. The molecule has 34 heavy (non-hydrogen) atoms. The maximum atomic E-state index is 5.11. The van der Waals surface area contributed by atoms with E-state index < -0.39 is 0 Å². The fourth-order valence-electron chi connectivity index (χ4n) is 4.61. The van der Waals surface area contributed by atoms with Gasteiger partial charge >= 0.3 is 0 Å². The summed E-state index contributed by atoms with van der Waals surface area (Å²) < 4.78 is 4.21. The van der Waals surface area contributed by atoms with Crippen LogP contribution in [0, 0.1) is 0 Å². The van der Waals surface area contributed by atoms with Gasteiger partial charge in [-0.25, -0.2) is 29.9 Å². The second kappa shape index (κ2) is 7.28. The highest BCUT2D eigenvalue weighted by Crippen LogP contribution is 2.38. The van der Waals surface area contributed by atoms with Crippen molar-refractivity contribution in [1.82, 2.24) is 39.0 Å². The molecule has 0 unspecified atom stereocenters. The van der Waals surface area contributed by atoms with Crippen LogP contribution in [0.1, 0.15) is 0 Å². The molecule has 4 heterocycles. The van der Waals surface area contributed by atoms with E-state index in [4.69, 9.17) is 4.98 Å². The van der Waals surface area contributed by atoms with Crippen LogP contribution in [0.4, 0.5) is 0 Å². The smallest absolute Gasteiger partial charge is 0.238 e. The largest absolute Gasteiger partial charge is 0.309 e. The summed E-state index contributed by atoms with van der Waals surface area (Å²) in [5.74, 6) is 1.16. The lowest BCUT2D eigenvalue weighted by atomic mass is 10.1. The van der Waals surface area contributed by atoms with E-state index in [1.54, 1.807) is 12.4 Å². The minimum Gasteiger partial charge on any atom is -0.309 e. The van der Waals surface area contributed by atoms with Crippen LogP contribution in [0.2, 0.25) is 0 Å². The van der Waals surface area contributed by atoms with Crippen molar-refractivity contribution in [2.24, 2.45) is 0 Å². The first-order valence-corrected chi connectivity index (χ1v) is 10.8. The molecule has 8 heteroatoms. The molecule has 7 aromatic rings. The van der Waals surface area contributed by atoms with Crippen LogP contribution in [-0.2, 0) is 0 Å². The number of fused-ring (bicyclic) bond motifs is 5. The van der Waals surface area contributed by atoms with Gasteiger partial charge in [-0.3, -0.25) is 4.57 Å². The Balaban J connectivity index is 1.66. The Morgan fingerprint density at radius 2 is 1.32 bits per heavy atom. The summed E-state index contributed by atoms with van der Waals surface area (Å²) in [6.45, 7) is 0. The third kappa shape index (κ3) is 2.65. The predicted octanol–water partition coefficient (Wildman–Crippen LogP) is 4.76. The zero-order valence-electron chi connectivity index (χ0n) is 17.8. The molecule has 7 rings (SSSR count). The van der Waals surface area contributed by atoms with Gasteiger partial charge in [-0.1, -0.05) is 36.4 Å². The maximum Gasteiger partial charge on any atom is 0.238 e. The summed E-state index contributed by atoms with van der Waals surface area (Å²) in [4.78, 5) is 26.3. The van der Waals surface area contributed by atoms with Gasteiger partial charge in [0.25, 0.3) is 0 Å². The van der Waals surface area contributed by atoms with E-state index in [9.17, 15) is 0 Å². The molecule has 0 spiro atoms. The van der Waals surface area contributed by atoms with Gasteiger partial charge in [-0.05, 0) is 30.3 Å². The summed E-state index contributed by atoms with van der Waals surface area (Å²) in [5, 5.41) is 2.20. The van der Waals surface area contributed by atoms with Gasteiger partial charge in [0.05, 0.1) is 27.6 Å². The highest BCUT2D eigenvalue weighted by molar-refractivity contribution is 6.20. The highest BCUT2D eigenvalue weighted by atomic mass is 15.2. The first-order chi connectivity index (χ1) is 16.9. The molecule has 160 valence electrons. The Hall–Kier alpha value is -4.98. The number of nitrogens with zero attached hydrogens (tertiary/aromatic N) is 8. The fraction of sp³-hybridized carbons (Fsp3) is 0. The Morgan fingerprint density at radius 3 is 2.15 bits per heavy atom. The average molecular weight is 440 g/mol. The molecule has 0 fully saturated rings. The molecule has 0 N–H and O–H groups in total. The van der Waals surface area contributed by atoms with Crippen LogP contribution in [-0.4, -0.2) is 39.0 Å². The van der Waals surface area contributed by atoms with Crippen molar-refractivity contribution >= 4 is 32.8 Å². The molecule has 3 aromatic carbocycles. The topological polar surface area (TPSA) is 87.2 Å². The standard InChI is InChI=1S/C26H16N8/c1-2-6-18(7-3-1)33-20-9-5-4-8-19(20)23-21(33)10-11-22-24(23)32-25(17-12-27-14-28-13-17)34(22)26-30-15-29-16-31-26/h1-16H. The van der Waals surface area contributed by atoms with E-state index in [-0.39, 0.29) is 0 Å². The molecule has 0 saturated carbocycles. The third-order valence-corrected chi connectivity index (χ3v) is 5.97. The van der Waals surface area contributed by atoms with Crippen molar-refractivity contribution in [2.75, 3.05) is 0 Å². The predicted molar refractivity (Wildman–Crippen MR) is 130 cm³/mol. The maximum absolute atomic E-state index is 5.11. The van der Waals surface area contributed by atoms with Gasteiger partial charge in [0.1, 0.15) is 19.0 Å². The summed E-state index contributed by atoms with van der Waals surface area (Å²) >= 11 is 0. The molecule has 0 saturated heterocycles. The highest BCUT2D eigenvalue weighted by Gasteiger charge is 2.22. The number of aromatic nitrogens is 8. The van der Waals surface area contributed by atoms with Crippen molar-refractivity contribution < 1.29 is 0 Å². The molecule has 0 amide bonds. The molecule has 0 atom stereocenters. The quantitative estimate of drug-likeness (QED) is 0.394. The first kappa shape index (κ1) is 18.6.